The molecule has 0 N–H and O–H groups in total. The lowest BCUT2D eigenvalue weighted by Gasteiger charge is -2.15. The SMILES string of the molecule is COc1ccc(-c2cc(-c3ccc(OC)c(OC)c3)nc(N(C)C)n2)cc1. The van der Waals surface area contributed by atoms with E-state index < -0.39 is 0 Å². The minimum Gasteiger partial charge on any atom is -0.497 e. The average molecular weight is 365 g/mol. The van der Waals surface area contributed by atoms with Gasteiger partial charge >= 0.3 is 0 Å². The minimum atomic E-state index is 0.633. The zero-order valence-corrected chi connectivity index (χ0v) is 16.2. The summed E-state index contributed by atoms with van der Waals surface area (Å²) in [5, 5.41) is 0. The van der Waals surface area contributed by atoms with Crippen LogP contribution in [0.25, 0.3) is 22.5 Å². The molecule has 0 aliphatic carbocycles. The molecule has 0 saturated heterocycles. The van der Waals surface area contributed by atoms with E-state index in [2.05, 4.69) is 9.97 Å². The predicted octanol–water partition coefficient (Wildman–Crippen LogP) is 3.90. The maximum atomic E-state index is 5.42. The summed E-state index contributed by atoms with van der Waals surface area (Å²) in [6.07, 6.45) is 0. The second-order valence-electron chi connectivity index (χ2n) is 6.13. The summed E-state index contributed by atoms with van der Waals surface area (Å²) < 4.78 is 16.0. The van der Waals surface area contributed by atoms with Crippen molar-refractivity contribution in [3.8, 4) is 39.8 Å². The van der Waals surface area contributed by atoms with Gasteiger partial charge in [-0.15, -0.1) is 0 Å². The molecule has 140 valence electrons. The van der Waals surface area contributed by atoms with Crippen molar-refractivity contribution in [2.24, 2.45) is 0 Å². The molecule has 1 aromatic heterocycles. The van der Waals surface area contributed by atoms with Gasteiger partial charge in [0, 0.05) is 25.2 Å². The fourth-order valence-electron chi connectivity index (χ4n) is 2.69. The third-order valence-corrected chi connectivity index (χ3v) is 4.18. The van der Waals surface area contributed by atoms with Crippen molar-refractivity contribution >= 4 is 5.95 Å². The number of hydrogen-bond acceptors (Lipinski definition) is 6. The molecule has 3 aromatic rings. The van der Waals surface area contributed by atoms with Crippen LogP contribution in [0.4, 0.5) is 5.95 Å². The number of methoxy groups -OCH3 is 3. The highest BCUT2D eigenvalue weighted by atomic mass is 16.5. The third kappa shape index (κ3) is 3.95. The van der Waals surface area contributed by atoms with Gasteiger partial charge < -0.3 is 19.1 Å². The van der Waals surface area contributed by atoms with E-state index in [0.29, 0.717) is 17.4 Å². The monoisotopic (exact) mass is 365 g/mol. The van der Waals surface area contributed by atoms with Crippen molar-refractivity contribution in [1.82, 2.24) is 9.97 Å². The molecule has 0 atom stereocenters. The topological polar surface area (TPSA) is 56.7 Å². The van der Waals surface area contributed by atoms with Gasteiger partial charge in [0.2, 0.25) is 5.95 Å². The molecule has 0 amide bonds. The first-order valence-electron chi connectivity index (χ1n) is 8.49. The van der Waals surface area contributed by atoms with E-state index in [-0.39, 0.29) is 0 Å². The molecule has 0 fully saturated rings. The third-order valence-electron chi connectivity index (χ3n) is 4.18. The Morgan fingerprint density at radius 2 is 1.26 bits per heavy atom. The molecule has 0 spiro atoms. The first-order valence-corrected chi connectivity index (χ1v) is 8.49. The van der Waals surface area contributed by atoms with Crippen LogP contribution >= 0.6 is 0 Å². The highest BCUT2D eigenvalue weighted by Crippen LogP contribution is 2.33. The second-order valence-corrected chi connectivity index (χ2v) is 6.13. The standard InChI is InChI=1S/C21H23N3O3/c1-24(2)21-22-17(14-6-9-16(25-3)10-7-14)13-18(23-21)15-8-11-19(26-4)20(12-15)27-5/h6-13H,1-5H3. The van der Waals surface area contributed by atoms with Crippen LogP contribution in [0.3, 0.4) is 0 Å². The van der Waals surface area contributed by atoms with Gasteiger partial charge in [0.05, 0.1) is 32.7 Å². The summed E-state index contributed by atoms with van der Waals surface area (Å²) in [6, 6.07) is 15.5. The molecule has 27 heavy (non-hydrogen) atoms. The van der Waals surface area contributed by atoms with E-state index in [1.165, 1.54) is 0 Å². The molecule has 3 rings (SSSR count). The lowest BCUT2D eigenvalue weighted by molar-refractivity contribution is 0.355. The summed E-state index contributed by atoms with van der Waals surface area (Å²) in [5.74, 6) is 2.78. The molecular formula is C21H23N3O3. The van der Waals surface area contributed by atoms with Crippen molar-refractivity contribution in [3.05, 3.63) is 48.5 Å². The Balaban J connectivity index is 2.11. The van der Waals surface area contributed by atoms with Crippen LogP contribution in [-0.4, -0.2) is 45.4 Å². The Morgan fingerprint density at radius 1 is 0.667 bits per heavy atom. The van der Waals surface area contributed by atoms with Crippen molar-refractivity contribution in [2.75, 3.05) is 40.3 Å². The normalized spacial score (nSPS) is 10.4. The molecule has 6 heteroatoms. The van der Waals surface area contributed by atoms with E-state index in [0.717, 1.165) is 28.3 Å². The van der Waals surface area contributed by atoms with Crippen LogP contribution in [0.1, 0.15) is 0 Å². The first kappa shape index (κ1) is 18.5. The number of anilines is 1. The summed E-state index contributed by atoms with van der Waals surface area (Å²) in [5.41, 5.74) is 3.55. The summed E-state index contributed by atoms with van der Waals surface area (Å²) in [6.45, 7) is 0. The zero-order valence-electron chi connectivity index (χ0n) is 16.2. The van der Waals surface area contributed by atoms with Crippen LogP contribution in [0.5, 0.6) is 17.2 Å². The van der Waals surface area contributed by atoms with E-state index in [9.17, 15) is 0 Å². The van der Waals surface area contributed by atoms with Gasteiger partial charge in [0.1, 0.15) is 5.75 Å². The molecule has 0 unspecified atom stereocenters. The molecule has 1 heterocycles. The molecule has 0 aliphatic heterocycles. The average Bonchev–Trinajstić information content (AvgIpc) is 2.72. The van der Waals surface area contributed by atoms with Gasteiger partial charge in [-0.25, -0.2) is 9.97 Å². The summed E-state index contributed by atoms with van der Waals surface area (Å²) >= 11 is 0. The number of rotatable bonds is 6. The van der Waals surface area contributed by atoms with Crippen LogP contribution < -0.4 is 19.1 Å². The number of aromatic nitrogens is 2. The van der Waals surface area contributed by atoms with Crippen LogP contribution in [0.2, 0.25) is 0 Å². The van der Waals surface area contributed by atoms with Crippen LogP contribution in [0, 0.1) is 0 Å². The number of hydrogen-bond donors (Lipinski definition) is 0. The van der Waals surface area contributed by atoms with E-state index in [1.54, 1.807) is 21.3 Å². The predicted molar refractivity (Wildman–Crippen MR) is 107 cm³/mol. The van der Waals surface area contributed by atoms with Crippen molar-refractivity contribution in [1.29, 1.82) is 0 Å². The second kappa shape index (κ2) is 7.95. The molecule has 0 bridgehead atoms. The van der Waals surface area contributed by atoms with Gasteiger partial charge in [-0.1, -0.05) is 0 Å². The number of benzene rings is 2. The van der Waals surface area contributed by atoms with E-state index in [1.807, 2.05) is 67.5 Å². The largest absolute Gasteiger partial charge is 0.497 e. The van der Waals surface area contributed by atoms with Gasteiger partial charge in [0.15, 0.2) is 11.5 Å². The van der Waals surface area contributed by atoms with Crippen molar-refractivity contribution in [2.45, 2.75) is 0 Å². The van der Waals surface area contributed by atoms with Gasteiger partial charge in [-0.05, 0) is 48.5 Å². The Hall–Kier alpha value is -3.28. The Labute approximate surface area is 159 Å². The lowest BCUT2D eigenvalue weighted by atomic mass is 10.1. The van der Waals surface area contributed by atoms with Crippen molar-refractivity contribution < 1.29 is 14.2 Å². The molecule has 2 aromatic carbocycles. The fraction of sp³-hybridized carbons (Fsp3) is 0.238. The van der Waals surface area contributed by atoms with Crippen molar-refractivity contribution in [3.63, 3.8) is 0 Å². The molecular weight excluding hydrogens is 342 g/mol. The Morgan fingerprint density at radius 3 is 1.81 bits per heavy atom. The highest BCUT2D eigenvalue weighted by molar-refractivity contribution is 5.71. The maximum absolute atomic E-state index is 5.42. The lowest BCUT2D eigenvalue weighted by Crippen LogP contribution is -2.13. The molecule has 6 nitrogen and oxygen atoms in total. The van der Waals surface area contributed by atoms with E-state index >= 15 is 0 Å². The highest BCUT2D eigenvalue weighted by Gasteiger charge is 2.12. The van der Waals surface area contributed by atoms with Gasteiger partial charge in [0.25, 0.3) is 0 Å². The van der Waals surface area contributed by atoms with Crippen LogP contribution in [0.15, 0.2) is 48.5 Å². The Bertz CT molecular complexity index is 924. The zero-order chi connectivity index (χ0) is 19.4. The first-order chi connectivity index (χ1) is 13.0. The van der Waals surface area contributed by atoms with Crippen LogP contribution in [-0.2, 0) is 0 Å². The molecule has 0 aliphatic rings. The Kier molecular flexibility index (Phi) is 5.45. The van der Waals surface area contributed by atoms with Gasteiger partial charge in [-0.2, -0.15) is 0 Å². The smallest absolute Gasteiger partial charge is 0.225 e. The van der Waals surface area contributed by atoms with Gasteiger partial charge in [-0.3, -0.25) is 0 Å². The minimum absolute atomic E-state index is 0.633. The van der Waals surface area contributed by atoms with E-state index in [4.69, 9.17) is 14.2 Å². The number of nitrogens with zero attached hydrogens (tertiary/aromatic N) is 3. The maximum Gasteiger partial charge on any atom is 0.225 e. The summed E-state index contributed by atoms with van der Waals surface area (Å²) in [7, 11) is 8.74. The quantitative estimate of drug-likeness (QED) is 0.660. The fourth-order valence-corrected chi connectivity index (χ4v) is 2.69. The summed E-state index contributed by atoms with van der Waals surface area (Å²) in [4.78, 5) is 11.3. The molecule has 0 saturated carbocycles. The number of ether oxygens (including phenoxy) is 3. The molecule has 0 radical (unpaired) electrons.